The van der Waals surface area contributed by atoms with Gasteiger partial charge in [-0.05, 0) is 54.5 Å². The van der Waals surface area contributed by atoms with Crippen molar-refractivity contribution in [2.75, 3.05) is 32.6 Å². The molecule has 270 valence electrons. The highest BCUT2D eigenvalue weighted by molar-refractivity contribution is 5.99. The molecule has 14 nitrogen and oxygen atoms in total. The van der Waals surface area contributed by atoms with Gasteiger partial charge in [0, 0.05) is 31.6 Å². The first-order chi connectivity index (χ1) is 25.2. The lowest BCUT2D eigenvalue weighted by atomic mass is 10.0. The van der Waals surface area contributed by atoms with E-state index in [0.29, 0.717) is 43.9 Å². The van der Waals surface area contributed by atoms with Crippen molar-refractivity contribution in [3.05, 3.63) is 60.6 Å². The van der Waals surface area contributed by atoms with E-state index in [0.717, 1.165) is 28.8 Å². The van der Waals surface area contributed by atoms with Gasteiger partial charge in [0.15, 0.2) is 0 Å². The van der Waals surface area contributed by atoms with Crippen LogP contribution in [0.1, 0.15) is 50.4 Å². The highest BCUT2D eigenvalue weighted by Crippen LogP contribution is 2.33. The summed E-state index contributed by atoms with van der Waals surface area (Å²) >= 11 is 0. The molecule has 0 aliphatic carbocycles. The van der Waals surface area contributed by atoms with E-state index in [-0.39, 0.29) is 30.7 Å². The number of likely N-dealkylation sites (tertiary alicyclic amines) is 2. The molecule has 2 fully saturated rings. The van der Waals surface area contributed by atoms with Gasteiger partial charge in [0.1, 0.15) is 23.9 Å². The van der Waals surface area contributed by atoms with Gasteiger partial charge in [0.05, 0.1) is 32.2 Å². The van der Waals surface area contributed by atoms with Gasteiger partial charge in [-0.2, -0.15) is 0 Å². The summed E-state index contributed by atoms with van der Waals surface area (Å²) in [4.78, 5) is 74.4. The number of carbonyl (C=O) groups is 5. The minimum atomic E-state index is -0.990. The lowest BCUT2D eigenvalue weighted by Gasteiger charge is -2.27. The van der Waals surface area contributed by atoms with E-state index in [2.05, 4.69) is 47.2 Å². The molecule has 4 N–H and O–H groups in total. The van der Waals surface area contributed by atoms with Gasteiger partial charge in [-0.1, -0.05) is 36.4 Å². The van der Waals surface area contributed by atoms with Crippen LogP contribution in [-0.2, 0) is 23.9 Å². The van der Waals surface area contributed by atoms with Gasteiger partial charge < -0.3 is 40.2 Å². The van der Waals surface area contributed by atoms with Crippen LogP contribution in [0.5, 0.6) is 0 Å². The molecular weight excluding hydrogens is 666 g/mol. The van der Waals surface area contributed by atoms with Gasteiger partial charge in [-0.15, -0.1) is 24.7 Å². The van der Waals surface area contributed by atoms with Crippen molar-refractivity contribution in [2.24, 2.45) is 0 Å². The minimum absolute atomic E-state index is 0.0287. The number of hydrogen-bond acceptors (Lipinski definition) is 8. The number of anilines is 1. The third-order valence-electron chi connectivity index (χ3n) is 9.16. The Kier molecular flexibility index (Phi) is 12.2. The molecule has 3 heterocycles. The van der Waals surface area contributed by atoms with E-state index < -0.39 is 36.2 Å². The van der Waals surface area contributed by atoms with Crippen LogP contribution in [0.2, 0.25) is 0 Å². The monoisotopic (exact) mass is 707 g/mol. The molecule has 5 rings (SSSR count). The van der Waals surface area contributed by atoms with Crippen LogP contribution < -0.4 is 16.0 Å². The minimum Gasteiger partial charge on any atom is -0.453 e. The maximum absolute atomic E-state index is 13.3. The number of ether oxygens (including phenoxy) is 2. The number of rotatable bonds is 11. The number of terminal acetylenes is 2. The molecule has 52 heavy (non-hydrogen) atoms. The fourth-order valence-corrected chi connectivity index (χ4v) is 6.52. The van der Waals surface area contributed by atoms with E-state index in [9.17, 15) is 24.0 Å². The first-order valence-electron chi connectivity index (χ1n) is 16.9. The van der Waals surface area contributed by atoms with Crippen molar-refractivity contribution in [1.82, 2.24) is 30.4 Å². The maximum Gasteiger partial charge on any atom is 0.407 e. The maximum atomic E-state index is 13.3. The van der Waals surface area contributed by atoms with E-state index in [1.54, 1.807) is 23.2 Å². The smallest absolute Gasteiger partial charge is 0.407 e. The second kappa shape index (κ2) is 17.1. The zero-order chi connectivity index (χ0) is 37.2. The standard InChI is InChI=1S/C38H41N7O7/c1-5-9-28(42-37(49)51-3)35(47)44-21-7-11-31(44)33-39-23-30(41-33)26-15-13-24(14-16-26)25-17-19-27(20-18-25)40-34(46)32-12-8-22-45(32)36(48)29(10-6-2)43-38(50)52-4/h1-2,13-20,23,28-29,31-32H,7-12,21-22H2,3-4H3,(H,39,41)(H,40,46)(H,42,49)(H,43,50)/t28-,29-,31-,32-/m0/s1. The SMILES string of the molecule is C#CC[C@H](NC(=O)OC)C(=O)N1CCC[C@H]1C(=O)Nc1ccc(-c2ccc(-c3cnc([C@@H]4CCCN4C(=O)[C@H](CC#C)NC(=O)OC)[nH]3)cc2)cc1. The number of carbonyl (C=O) groups excluding carboxylic acids is 5. The number of alkyl carbamates (subject to hydrolysis) is 2. The third-order valence-corrected chi connectivity index (χ3v) is 9.16. The molecule has 0 unspecified atom stereocenters. The summed E-state index contributed by atoms with van der Waals surface area (Å²) in [5, 5.41) is 7.89. The number of nitrogens with zero attached hydrogens (tertiary/aromatic N) is 3. The Hall–Kier alpha value is -6.28. The van der Waals surface area contributed by atoms with E-state index >= 15 is 0 Å². The van der Waals surface area contributed by atoms with Crippen LogP contribution in [0, 0.1) is 24.7 Å². The highest BCUT2D eigenvalue weighted by atomic mass is 16.5. The average molecular weight is 708 g/mol. The second-order valence-corrected chi connectivity index (χ2v) is 12.4. The molecule has 5 amide bonds. The molecule has 2 saturated heterocycles. The van der Waals surface area contributed by atoms with E-state index in [4.69, 9.17) is 12.8 Å². The molecule has 0 saturated carbocycles. The molecule has 0 radical (unpaired) electrons. The van der Waals surface area contributed by atoms with Crippen LogP contribution in [0.25, 0.3) is 22.4 Å². The normalized spacial score (nSPS) is 17.6. The Balaban J connectivity index is 1.20. The highest BCUT2D eigenvalue weighted by Gasteiger charge is 2.38. The first-order valence-corrected chi connectivity index (χ1v) is 16.9. The fraction of sp³-hybridized carbons (Fsp3) is 0.368. The molecular formula is C38H41N7O7. The summed E-state index contributed by atoms with van der Waals surface area (Å²) in [7, 11) is 2.42. The predicted octanol–water partition coefficient (Wildman–Crippen LogP) is 3.83. The fourth-order valence-electron chi connectivity index (χ4n) is 6.52. The van der Waals surface area contributed by atoms with Crippen LogP contribution in [0.4, 0.5) is 15.3 Å². The molecule has 14 heteroatoms. The number of benzene rings is 2. The number of imidazole rings is 1. The number of aromatic nitrogens is 2. The van der Waals surface area contributed by atoms with Crippen molar-refractivity contribution in [1.29, 1.82) is 0 Å². The van der Waals surface area contributed by atoms with Crippen LogP contribution >= 0.6 is 0 Å². The quantitative estimate of drug-likeness (QED) is 0.218. The zero-order valence-electron chi connectivity index (χ0n) is 29.0. The summed E-state index contributed by atoms with van der Waals surface area (Å²) in [5.41, 5.74) is 4.16. The van der Waals surface area contributed by atoms with Gasteiger partial charge in [0.2, 0.25) is 17.7 Å². The zero-order valence-corrected chi connectivity index (χ0v) is 29.0. The topological polar surface area (TPSA) is 175 Å². The number of amides is 5. The lowest BCUT2D eigenvalue weighted by Crippen LogP contribution is -2.52. The van der Waals surface area contributed by atoms with Crippen molar-refractivity contribution in [2.45, 2.75) is 62.7 Å². The summed E-state index contributed by atoms with van der Waals surface area (Å²) < 4.78 is 9.27. The summed E-state index contributed by atoms with van der Waals surface area (Å²) in [6, 6.07) is 12.4. The van der Waals surface area contributed by atoms with Crippen LogP contribution in [-0.4, -0.2) is 95.1 Å². The molecule has 0 spiro atoms. The Labute approximate surface area is 302 Å². The van der Waals surface area contributed by atoms with Crippen LogP contribution in [0.3, 0.4) is 0 Å². The lowest BCUT2D eigenvalue weighted by molar-refractivity contribution is -0.138. The van der Waals surface area contributed by atoms with Gasteiger partial charge in [-0.25, -0.2) is 14.6 Å². The van der Waals surface area contributed by atoms with E-state index in [1.807, 2.05) is 36.4 Å². The van der Waals surface area contributed by atoms with Gasteiger partial charge >= 0.3 is 12.2 Å². The Morgan fingerprint density at radius 3 is 1.90 bits per heavy atom. The van der Waals surface area contributed by atoms with Crippen molar-refractivity contribution >= 4 is 35.6 Å². The Morgan fingerprint density at radius 2 is 1.33 bits per heavy atom. The number of nitrogens with one attached hydrogen (secondary N) is 4. The molecule has 3 aromatic rings. The van der Waals surface area contributed by atoms with Crippen molar-refractivity contribution < 1.29 is 33.4 Å². The summed E-state index contributed by atoms with van der Waals surface area (Å²) in [5.74, 6) is 4.45. The van der Waals surface area contributed by atoms with Crippen molar-refractivity contribution in [3.8, 4) is 47.1 Å². The number of hydrogen-bond donors (Lipinski definition) is 4. The largest absolute Gasteiger partial charge is 0.453 e. The van der Waals surface area contributed by atoms with Crippen LogP contribution in [0.15, 0.2) is 54.7 Å². The average Bonchev–Trinajstić information content (AvgIpc) is 3.96. The number of methoxy groups -OCH3 is 2. The van der Waals surface area contributed by atoms with Gasteiger partial charge in [-0.3, -0.25) is 14.4 Å². The molecule has 2 aliphatic heterocycles. The van der Waals surface area contributed by atoms with Crippen molar-refractivity contribution in [3.63, 3.8) is 0 Å². The molecule has 0 bridgehead atoms. The third kappa shape index (κ3) is 8.53. The van der Waals surface area contributed by atoms with E-state index in [1.165, 1.54) is 19.1 Å². The Bertz CT molecular complexity index is 1860. The molecule has 2 aromatic carbocycles. The summed E-state index contributed by atoms with van der Waals surface area (Å²) in [6.45, 7) is 0.890. The second-order valence-electron chi connectivity index (χ2n) is 12.4. The Morgan fingerprint density at radius 1 is 0.808 bits per heavy atom. The molecule has 2 aliphatic rings. The predicted molar refractivity (Wildman–Crippen MR) is 192 cm³/mol. The summed E-state index contributed by atoms with van der Waals surface area (Å²) in [6.07, 6.45) is 13.7. The number of H-pyrrole nitrogens is 1. The number of aromatic amines is 1. The first kappa shape index (κ1) is 37.0. The molecule has 1 aromatic heterocycles. The molecule has 4 atom stereocenters. The van der Waals surface area contributed by atoms with Gasteiger partial charge in [0.25, 0.3) is 0 Å².